The molecule has 0 aliphatic carbocycles. The summed E-state index contributed by atoms with van der Waals surface area (Å²) in [6.07, 6.45) is -10.7. The van der Waals surface area contributed by atoms with Gasteiger partial charge in [-0.15, -0.1) is 0 Å². The first-order chi connectivity index (χ1) is 11.1. The van der Waals surface area contributed by atoms with Crippen molar-refractivity contribution in [3.8, 4) is 0 Å². The van der Waals surface area contributed by atoms with Gasteiger partial charge in [0, 0.05) is 5.56 Å². The number of benzene rings is 2. The van der Waals surface area contributed by atoms with Crippen molar-refractivity contribution >= 4 is 0 Å². The number of rotatable bonds is 4. The lowest BCUT2D eigenvalue weighted by Crippen LogP contribution is -2.07. The molecule has 1 radical (unpaired) electrons. The molecule has 0 spiro atoms. The Morgan fingerprint density at radius 1 is 0.750 bits per heavy atom. The minimum atomic E-state index is -4.50. The lowest BCUT2D eigenvalue weighted by molar-refractivity contribution is -0.152. The first kappa shape index (κ1) is 18.3. The van der Waals surface area contributed by atoms with Crippen LogP contribution in [0.2, 0.25) is 0 Å². The van der Waals surface area contributed by atoms with Gasteiger partial charge in [-0.1, -0.05) is 24.3 Å². The minimum Gasteiger partial charge on any atom is -0.341 e. The predicted octanol–water partition coefficient (Wildman–Crippen LogP) is 5.37. The molecule has 0 amide bonds. The Labute approximate surface area is 133 Å². The summed E-state index contributed by atoms with van der Waals surface area (Å²) < 4.78 is 79.4. The quantitative estimate of drug-likeness (QED) is 0.539. The molecule has 129 valence electrons. The van der Waals surface area contributed by atoms with E-state index in [0.717, 1.165) is 36.4 Å². The maximum absolute atomic E-state index is 12.4. The van der Waals surface area contributed by atoms with Crippen molar-refractivity contribution in [3.05, 3.63) is 70.8 Å². The molecular weight excluding hydrogens is 338 g/mol. The smallest absolute Gasteiger partial charge is 0.341 e. The zero-order valence-corrected chi connectivity index (χ0v) is 12.0. The van der Waals surface area contributed by atoms with E-state index in [2.05, 4.69) is 0 Å². The van der Waals surface area contributed by atoms with Gasteiger partial charge < -0.3 is 4.74 Å². The van der Waals surface area contributed by atoms with Gasteiger partial charge in [0.15, 0.2) is 0 Å². The van der Waals surface area contributed by atoms with Crippen molar-refractivity contribution < 1.29 is 36.2 Å². The molecular formula is C16H11F6O2. The number of ether oxygens (including phenoxy) is 1. The van der Waals surface area contributed by atoms with Crippen molar-refractivity contribution in [3.63, 3.8) is 0 Å². The summed E-state index contributed by atoms with van der Waals surface area (Å²) in [7, 11) is 0. The van der Waals surface area contributed by atoms with Gasteiger partial charge in [0.1, 0.15) is 0 Å². The Morgan fingerprint density at radius 2 is 1.17 bits per heavy atom. The first-order valence-electron chi connectivity index (χ1n) is 6.68. The summed E-state index contributed by atoms with van der Waals surface area (Å²) in [6.45, 7) is -0.257. The van der Waals surface area contributed by atoms with Crippen LogP contribution in [0.15, 0.2) is 48.5 Å². The molecule has 0 saturated heterocycles. The third-order valence-corrected chi connectivity index (χ3v) is 3.19. The highest BCUT2D eigenvalue weighted by Crippen LogP contribution is 2.31. The van der Waals surface area contributed by atoms with E-state index in [1.54, 1.807) is 0 Å². The molecule has 0 saturated carbocycles. The fourth-order valence-electron chi connectivity index (χ4n) is 1.89. The number of hydrogen-bond donors (Lipinski definition) is 0. The maximum Gasteiger partial charge on any atom is 0.416 e. The molecule has 8 heteroatoms. The average Bonchev–Trinajstić information content (AvgIpc) is 2.51. The summed E-state index contributed by atoms with van der Waals surface area (Å²) in [6, 6.07) is 7.60. The molecule has 0 N–H and O–H groups in total. The van der Waals surface area contributed by atoms with E-state index in [-0.39, 0.29) is 12.2 Å². The molecule has 24 heavy (non-hydrogen) atoms. The standard InChI is InChI=1S/C16H11F6O2/c17-15(18,19)12-5-1-10(2-6-12)9-24-14(23)11-3-7-13(8-4-11)16(20,21)22/h1-8,14H,9H2. The molecule has 0 aliphatic rings. The van der Waals surface area contributed by atoms with Gasteiger partial charge in [0.25, 0.3) is 0 Å². The van der Waals surface area contributed by atoms with E-state index in [4.69, 9.17) is 4.74 Å². The Balaban J connectivity index is 1.96. The molecule has 0 aromatic heterocycles. The molecule has 2 nitrogen and oxygen atoms in total. The van der Waals surface area contributed by atoms with E-state index in [0.29, 0.717) is 5.56 Å². The van der Waals surface area contributed by atoms with Crippen LogP contribution in [0.5, 0.6) is 0 Å². The Bertz CT molecular complexity index is 659. The predicted molar refractivity (Wildman–Crippen MR) is 71.1 cm³/mol. The number of hydrogen-bond acceptors (Lipinski definition) is 1. The zero-order valence-electron chi connectivity index (χ0n) is 12.0. The van der Waals surface area contributed by atoms with Crippen molar-refractivity contribution in [1.82, 2.24) is 0 Å². The van der Waals surface area contributed by atoms with Crippen LogP contribution in [0.4, 0.5) is 26.3 Å². The maximum atomic E-state index is 12.4. The second kappa shape index (κ2) is 6.82. The van der Waals surface area contributed by atoms with E-state index in [9.17, 15) is 31.4 Å². The zero-order chi connectivity index (χ0) is 18.0. The molecule has 0 bridgehead atoms. The van der Waals surface area contributed by atoms with E-state index in [1.165, 1.54) is 12.1 Å². The summed E-state index contributed by atoms with van der Waals surface area (Å²) >= 11 is 0. The van der Waals surface area contributed by atoms with Crippen LogP contribution < -0.4 is 0 Å². The van der Waals surface area contributed by atoms with Crippen molar-refractivity contribution in [2.24, 2.45) is 0 Å². The average molecular weight is 349 g/mol. The van der Waals surface area contributed by atoms with E-state index in [1.807, 2.05) is 0 Å². The van der Waals surface area contributed by atoms with Crippen LogP contribution in [0, 0.1) is 0 Å². The molecule has 2 rings (SSSR count). The highest BCUT2D eigenvalue weighted by atomic mass is 19.4. The largest absolute Gasteiger partial charge is 0.416 e. The van der Waals surface area contributed by atoms with E-state index < -0.39 is 29.8 Å². The van der Waals surface area contributed by atoms with Crippen LogP contribution in [0.1, 0.15) is 28.5 Å². The molecule has 2 aromatic rings. The molecule has 0 heterocycles. The molecule has 0 aliphatic heterocycles. The second-order valence-corrected chi connectivity index (χ2v) is 4.96. The Kier molecular flexibility index (Phi) is 5.19. The van der Waals surface area contributed by atoms with Crippen LogP contribution in [-0.4, -0.2) is 0 Å². The highest BCUT2D eigenvalue weighted by molar-refractivity contribution is 5.26. The van der Waals surface area contributed by atoms with Gasteiger partial charge in [0.05, 0.1) is 17.7 Å². The molecule has 1 atom stereocenters. The van der Waals surface area contributed by atoms with Gasteiger partial charge in [-0.3, -0.25) is 0 Å². The fraction of sp³-hybridized carbons (Fsp3) is 0.250. The van der Waals surface area contributed by atoms with Crippen LogP contribution in [-0.2, 0) is 28.8 Å². The third-order valence-electron chi connectivity index (χ3n) is 3.19. The highest BCUT2D eigenvalue weighted by Gasteiger charge is 2.31. The lowest BCUT2D eigenvalue weighted by atomic mass is 10.1. The van der Waals surface area contributed by atoms with Gasteiger partial charge in [-0.25, -0.2) is 0 Å². The minimum absolute atomic E-state index is 0.00471. The van der Waals surface area contributed by atoms with Gasteiger partial charge in [0.2, 0.25) is 6.29 Å². The summed E-state index contributed by atoms with van der Waals surface area (Å²) in [5, 5.41) is 11.8. The first-order valence-corrected chi connectivity index (χ1v) is 6.68. The summed E-state index contributed by atoms with van der Waals surface area (Å²) in [5.41, 5.74) is -1.38. The Morgan fingerprint density at radius 3 is 1.58 bits per heavy atom. The van der Waals surface area contributed by atoms with Gasteiger partial charge in [-0.2, -0.15) is 31.4 Å². The molecule has 0 fully saturated rings. The van der Waals surface area contributed by atoms with Crippen molar-refractivity contribution in [2.75, 3.05) is 0 Å². The van der Waals surface area contributed by atoms with Gasteiger partial charge >= 0.3 is 12.4 Å². The van der Waals surface area contributed by atoms with Gasteiger partial charge in [-0.05, 0) is 29.8 Å². The monoisotopic (exact) mass is 349 g/mol. The van der Waals surface area contributed by atoms with Crippen LogP contribution >= 0.6 is 0 Å². The van der Waals surface area contributed by atoms with Crippen LogP contribution in [0.3, 0.4) is 0 Å². The fourth-order valence-corrected chi connectivity index (χ4v) is 1.89. The Hall–Kier alpha value is -2.06. The topological polar surface area (TPSA) is 29.1 Å². The number of alkyl halides is 6. The van der Waals surface area contributed by atoms with Crippen LogP contribution in [0.25, 0.3) is 0 Å². The lowest BCUT2D eigenvalue weighted by Gasteiger charge is -2.13. The van der Waals surface area contributed by atoms with E-state index >= 15 is 0 Å². The second-order valence-electron chi connectivity index (χ2n) is 4.96. The summed E-state index contributed by atoms with van der Waals surface area (Å²) in [5.74, 6) is 0. The van der Waals surface area contributed by atoms with Crippen molar-refractivity contribution in [1.29, 1.82) is 0 Å². The normalized spacial score (nSPS) is 13.8. The van der Waals surface area contributed by atoms with Crippen molar-refractivity contribution in [2.45, 2.75) is 25.2 Å². The number of halogens is 6. The SMILES string of the molecule is [O]C(OCc1ccc(C(F)(F)F)cc1)c1ccc(C(F)(F)F)cc1. The molecule has 1 unspecified atom stereocenters. The third kappa shape index (κ3) is 4.72. The molecule has 2 aromatic carbocycles. The summed E-state index contributed by atoms with van der Waals surface area (Å²) in [4.78, 5) is 0.